The van der Waals surface area contributed by atoms with Crippen LogP contribution in [0.15, 0.2) is 95.3 Å². The lowest BCUT2D eigenvalue weighted by Gasteiger charge is -2.28. The topological polar surface area (TPSA) is 78.3 Å². The number of fused-ring (bicyclic) bond motifs is 1. The van der Waals surface area contributed by atoms with Gasteiger partial charge in [0.2, 0.25) is 11.1 Å². The number of ether oxygens (including phenoxy) is 2. The van der Waals surface area contributed by atoms with Crippen LogP contribution in [0.1, 0.15) is 29.7 Å². The fraction of sp³-hybridized carbons (Fsp3) is 0.179. The van der Waals surface area contributed by atoms with Gasteiger partial charge < -0.3 is 14.8 Å². The molecule has 2 heterocycles. The molecule has 0 spiro atoms. The Balaban J connectivity index is 1.45. The average molecular weight is 533 g/mol. The molecule has 5 rings (SSSR count). The summed E-state index contributed by atoms with van der Waals surface area (Å²) in [6.07, 6.45) is 0. The summed E-state index contributed by atoms with van der Waals surface area (Å²) in [5.41, 5.74) is 3.92. The van der Waals surface area contributed by atoms with Crippen LogP contribution in [0.4, 0.5) is 5.95 Å². The third-order valence-electron chi connectivity index (χ3n) is 6.01. The Labute approximate surface area is 224 Å². The molecule has 0 saturated heterocycles. The van der Waals surface area contributed by atoms with Crippen LogP contribution in [0, 0.1) is 0 Å². The Morgan fingerprint density at radius 3 is 2.51 bits per heavy atom. The number of nitrogens with one attached hydrogen (secondary N) is 1. The Hall–Kier alpha value is -3.75. The third kappa shape index (κ3) is 5.50. The zero-order valence-electron chi connectivity index (χ0n) is 20.3. The number of thioether (sulfide) groups is 1. The highest BCUT2D eigenvalue weighted by atomic mass is 35.5. The molecule has 1 N–H and O–H groups in total. The molecule has 1 atom stereocenters. The van der Waals surface area contributed by atoms with E-state index >= 15 is 0 Å². The van der Waals surface area contributed by atoms with Gasteiger partial charge in [-0.2, -0.15) is 4.98 Å². The number of anilines is 1. The maximum Gasteiger partial charge on any atom is 0.338 e. The van der Waals surface area contributed by atoms with E-state index in [0.29, 0.717) is 33.2 Å². The predicted octanol–water partition coefficient (Wildman–Crippen LogP) is 6.26. The number of halogens is 1. The normalized spacial score (nSPS) is 14.6. The van der Waals surface area contributed by atoms with Crippen molar-refractivity contribution in [1.82, 2.24) is 14.8 Å². The number of carbonyl (C=O) groups excluding carboxylic acids is 1. The van der Waals surface area contributed by atoms with E-state index in [1.165, 1.54) is 11.8 Å². The van der Waals surface area contributed by atoms with Crippen LogP contribution in [-0.4, -0.2) is 27.8 Å². The highest BCUT2D eigenvalue weighted by molar-refractivity contribution is 7.98. The fourth-order valence-corrected chi connectivity index (χ4v) is 5.22. The number of hydrogen-bond donors (Lipinski definition) is 1. The van der Waals surface area contributed by atoms with Gasteiger partial charge in [0, 0.05) is 16.5 Å². The van der Waals surface area contributed by atoms with Crippen LogP contribution in [0.2, 0.25) is 5.02 Å². The first-order valence-corrected chi connectivity index (χ1v) is 13.1. The minimum Gasteiger partial charge on any atom is -0.497 e. The molecule has 1 aliphatic heterocycles. The van der Waals surface area contributed by atoms with Gasteiger partial charge in [-0.3, -0.25) is 0 Å². The number of esters is 1. The highest BCUT2D eigenvalue weighted by Crippen LogP contribution is 2.38. The van der Waals surface area contributed by atoms with Crippen molar-refractivity contribution in [2.45, 2.75) is 30.5 Å². The molecule has 0 bridgehead atoms. The Kier molecular flexibility index (Phi) is 7.48. The smallest absolute Gasteiger partial charge is 0.338 e. The van der Waals surface area contributed by atoms with Crippen molar-refractivity contribution in [3.63, 3.8) is 0 Å². The second-order valence-corrected chi connectivity index (χ2v) is 9.79. The molecule has 4 aromatic rings. The largest absolute Gasteiger partial charge is 0.497 e. The van der Waals surface area contributed by atoms with Crippen molar-refractivity contribution in [2.75, 3.05) is 12.4 Å². The van der Waals surface area contributed by atoms with Gasteiger partial charge in [0.25, 0.3) is 0 Å². The van der Waals surface area contributed by atoms with Crippen LogP contribution in [0.5, 0.6) is 5.75 Å². The third-order valence-corrected chi connectivity index (χ3v) is 7.27. The summed E-state index contributed by atoms with van der Waals surface area (Å²) in [5, 5.41) is 9.30. The molecule has 1 aliphatic rings. The molecular formula is C28H25ClN4O3S. The number of rotatable bonds is 8. The van der Waals surface area contributed by atoms with Crippen LogP contribution >= 0.6 is 23.4 Å². The van der Waals surface area contributed by atoms with E-state index in [1.807, 2.05) is 85.8 Å². The standard InChI is InChI=1S/C28H25ClN4O3S/c1-18-24(26(34)36-16-19-8-4-3-5-9-19)25(20-12-14-22(35-2)15-13-20)33-27(30-18)31-28(32-33)37-17-21-10-6-7-11-23(21)29/h3-15,25H,16-17H2,1-2H3,(H,30,31,32). The maximum atomic E-state index is 13.4. The zero-order chi connectivity index (χ0) is 25.8. The van der Waals surface area contributed by atoms with Crippen molar-refractivity contribution in [1.29, 1.82) is 0 Å². The van der Waals surface area contributed by atoms with E-state index in [-0.39, 0.29) is 6.61 Å². The van der Waals surface area contributed by atoms with Crippen molar-refractivity contribution in [3.05, 3.63) is 112 Å². The molecule has 1 unspecified atom stereocenters. The summed E-state index contributed by atoms with van der Waals surface area (Å²) in [6, 6.07) is 24.4. The van der Waals surface area contributed by atoms with Gasteiger partial charge in [-0.15, -0.1) is 5.10 Å². The quantitative estimate of drug-likeness (QED) is 0.212. The molecule has 9 heteroatoms. The first-order valence-electron chi connectivity index (χ1n) is 11.7. The Morgan fingerprint density at radius 2 is 1.78 bits per heavy atom. The molecule has 0 radical (unpaired) electrons. The van der Waals surface area contributed by atoms with Crippen molar-refractivity contribution < 1.29 is 14.3 Å². The fourth-order valence-electron chi connectivity index (χ4n) is 4.11. The molecule has 1 aromatic heterocycles. The molecule has 3 aromatic carbocycles. The average Bonchev–Trinajstić information content (AvgIpc) is 3.33. The number of aromatic nitrogens is 3. The van der Waals surface area contributed by atoms with Crippen molar-refractivity contribution in [3.8, 4) is 5.75 Å². The lowest BCUT2D eigenvalue weighted by atomic mass is 9.96. The van der Waals surface area contributed by atoms with E-state index in [4.69, 9.17) is 31.2 Å². The van der Waals surface area contributed by atoms with E-state index < -0.39 is 12.0 Å². The second kappa shape index (κ2) is 11.1. The molecule has 0 fully saturated rings. The van der Waals surface area contributed by atoms with Crippen LogP contribution in [0.3, 0.4) is 0 Å². The monoisotopic (exact) mass is 532 g/mol. The van der Waals surface area contributed by atoms with E-state index in [1.54, 1.807) is 11.8 Å². The lowest BCUT2D eigenvalue weighted by molar-refractivity contribution is -0.140. The summed E-state index contributed by atoms with van der Waals surface area (Å²) in [5.74, 6) is 1.48. The Bertz CT molecular complexity index is 1440. The number of benzene rings is 3. The van der Waals surface area contributed by atoms with Crippen molar-refractivity contribution >= 4 is 35.3 Å². The number of hydrogen-bond acceptors (Lipinski definition) is 7. The lowest BCUT2D eigenvalue weighted by Crippen LogP contribution is -2.29. The summed E-state index contributed by atoms with van der Waals surface area (Å²) in [7, 11) is 1.62. The van der Waals surface area contributed by atoms with Crippen LogP contribution < -0.4 is 10.1 Å². The van der Waals surface area contributed by atoms with Crippen LogP contribution in [0.25, 0.3) is 0 Å². The predicted molar refractivity (Wildman–Crippen MR) is 145 cm³/mol. The first-order chi connectivity index (χ1) is 18.0. The number of nitrogens with zero attached hydrogens (tertiary/aromatic N) is 3. The molecule has 0 aliphatic carbocycles. The van der Waals surface area contributed by atoms with Gasteiger partial charge in [0.05, 0.1) is 12.7 Å². The molecule has 0 amide bonds. The van der Waals surface area contributed by atoms with Crippen LogP contribution in [-0.2, 0) is 21.9 Å². The first kappa shape index (κ1) is 24.9. The summed E-state index contributed by atoms with van der Waals surface area (Å²) in [6.45, 7) is 2.03. The summed E-state index contributed by atoms with van der Waals surface area (Å²) < 4.78 is 12.8. The highest BCUT2D eigenvalue weighted by Gasteiger charge is 2.35. The molecule has 188 valence electrons. The zero-order valence-corrected chi connectivity index (χ0v) is 21.9. The van der Waals surface area contributed by atoms with Gasteiger partial charge in [-0.05, 0) is 41.8 Å². The van der Waals surface area contributed by atoms with E-state index in [9.17, 15) is 4.79 Å². The minimum absolute atomic E-state index is 0.176. The minimum atomic E-state index is -0.521. The van der Waals surface area contributed by atoms with Gasteiger partial charge in [0.1, 0.15) is 18.4 Å². The molecule has 7 nitrogen and oxygen atoms in total. The molecular weight excluding hydrogens is 508 g/mol. The molecule has 0 saturated carbocycles. The summed E-state index contributed by atoms with van der Waals surface area (Å²) in [4.78, 5) is 18.1. The van der Waals surface area contributed by atoms with Gasteiger partial charge >= 0.3 is 5.97 Å². The van der Waals surface area contributed by atoms with Gasteiger partial charge in [-0.1, -0.05) is 84.0 Å². The maximum absolute atomic E-state index is 13.4. The number of allylic oxidation sites excluding steroid dienone is 1. The SMILES string of the molecule is COc1ccc(C2C(C(=O)OCc3ccccc3)=C(C)Nc3nc(SCc4ccccc4Cl)nn32)cc1. The van der Waals surface area contributed by atoms with Crippen molar-refractivity contribution in [2.24, 2.45) is 0 Å². The number of methoxy groups -OCH3 is 1. The van der Waals surface area contributed by atoms with E-state index in [0.717, 1.165) is 22.4 Å². The second-order valence-electron chi connectivity index (χ2n) is 8.44. The molecule has 37 heavy (non-hydrogen) atoms. The van der Waals surface area contributed by atoms with Gasteiger partial charge in [-0.25, -0.2) is 9.48 Å². The van der Waals surface area contributed by atoms with Gasteiger partial charge in [0.15, 0.2) is 0 Å². The summed E-state index contributed by atoms with van der Waals surface area (Å²) >= 11 is 7.81. The number of carbonyl (C=O) groups is 1. The van der Waals surface area contributed by atoms with E-state index in [2.05, 4.69) is 5.32 Å². The Morgan fingerprint density at radius 1 is 1.05 bits per heavy atom.